The van der Waals surface area contributed by atoms with E-state index < -0.39 is 0 Å². The first-order valence-electron chi connectivity index (χ1n) is 11.3. The standard InChI is InChI=1S/C26H23ClN4O3/c27-19-3-1-17(2-4-19)25-14-22-24(34-25)8-10-30(26(22)33)20-5-6-23-18(13-20)15-28-31(23)12-11-29-9-7-21(32)16-29/h1-6,8,10,13-15,21,32H,7,9,11-12,16H2/t21-/m1/s1. The fourth-order valence-corrected chi connectivity index (χ4v) is 4.78. The number of aromatic nitrogens is 3. The molecule has 2 aromatic carbocycles. The van der Waals surface area contributed by atoms with E-state index in [0.717, 1.165) is 54.8 Å². The lowest BCUT2D eigenvalue weighted by Gasteiger charge is -2.15. The topological polar surface area (TPSA) is 76.4 Å². The minimum atomic E-state index is -0.218. The second-order valence-corrected chi connectivity index (χ2v) is 9.18. The molecule has 0 unspecified atom stereocenters. The van der Waals surface area contributed by atoms with Crippen LogP contribution in [0.25, 0.3) is 38.9 Å². The number of hydrogen-bond acceptors (Lipinski definition) is 5. The van der Waals surface area contributed by atoms with Gasteiger partial charge in [0, 0.05) is 47.5 Å². The maximum absolute atomic E-state index is 13.3. The zero-order valence-electron chi connectivity index (χ0n) is 18.4. The van der Waals surface area contributed by atoms with Crippen LogP contribution in [0.3, 0.4) is 0 Å². The summed E-state index contributed by atoms with van der Waals surface area (Å²) >= 11 is 5.99. The van der Waals surface area contributed by atoms with Crippen LogP contribution in [-0.2, 0) is 6.54 Å². The maximum Gasteiger partial charge on any atom is 0.266 e. The molecule has 1 atom stereocenters. The third-order valence-corrected chi connectivity index (χ3v) is 6.74. The number of furan rings is 1. The molecule has 1 N–H and O–H groups in total. The fourth-order valence-electron chi connectivity index (χ4n) is 4.65. The van der Waals surface area contributed by atoms with Crippen molar-refractivity contribution in [2.24, 2.45) is 0 Å². The van der Waals surface area contributed by atoms with Gasteiger partial charge in [0.1, 0.15) is 11.3 Å². The Bertz CT molecular complexity index is 1550. The molecule has 5 aromatic rings. The first-order chi connectivity index (χ1) is 16.5. The van der Waals surface area contributed by atoms with Gasteiger partial charge in [-0.1, -0.05) is 11.6 Å². The number of fused-ring (bicyclic) bond motifs is 2. The first-order valence-corrected chi connectivity index (χ1v) is 11.7. The molecule has 0 spiro atoms. The summed E-state index contributed by atoms with van der Waals surface area (Å²) in [4.78, 5) is 15.5. The quantitative estimate of drug-likeness (QED) is 0.410. The average molecular weight is 475 g/mol. The number of β-amino-alcohol motifs (C(OH)–C–C–N with tert-alkyl or cyclic N) is 1. The third-order valence-electron chi connectivity index (χ3n) is 6.49. The number of aliphatic hydroxyl groups is 1. The highest BCUT2D eigenvalue weighted by Gasteiger charge is 2.20. The summed E-state index contributed by atoms with van der Waals surface area (Å²) in [6, 6.07) is 16.9. The summed E-state index contributed by atoms with van der Waals surface area (Å²) in [5, 5.41) is 16.4. The predicted molar refractivity (Wildman–Crippen MR) is 133 cm³/mol. The van der Waals surface area contributed by atoms with Gasteiger partial charge in [-0.25, -0.2) is 0 Å². The number of likely N-dealkylation sites (tertiary alicyclic amines) is 1. The summed E-state index contributed by atoms with van der Waals surface area (Å²) in [7, 11) is 0. The molecular weight excluding hydrogens is 452 g/mol. The highest BCUT2D eigenvalue weighted by molar-refractivity contribution is 6.30. The number of rotatable bonds is 5. The van der Waals surface area contributed by atoms with E-state index in [-0.39, 0.29) is 11.7 Å². The van der Waals surface area contributed by atoms with Gasteiger partial charge in [0.25, 0.3) is 5.56 Å². The molecule has 4 heterocycles. The Labute approximate surface area is 200 Å². The van der Waals surface area contributed by atoms with Crippen molar-refractivity contribution in [3.8, 4) is 17.0 Å². The summed E-state index contributed by atoms with van der Waals surface area (Å²) < 4.78 is 9.53. The molecular formula is C26H23ClN4O3. The zero-order chi connectivity index (χ0) is 23.2. The SMILES string of the molecule is O=c1c2cc(-c3ccc(Cl)cc3)oc2ccn1-c1ccc2c(cnn2CCN2CC[C@@H](O)C2)c1. The first kappa shape index (κ1) is 21.2. The van der Waals surface area contributed by atoms with Crippen molar-refractivity contribution in [1.29, 1.82) is 0 Å². The van der Waals surface area contributed by atoms with E-state index in [1.54, 1.807) is 29.0 Å². The lowest BCUT2D eigenvalue weighted by molar-refractivity contribution is 0.175. The van der Waals surface area contributed by atoms with Crippen molar-refractivity contribution in [3.63, 3.8) is 0 Å². The minimum absolute atomic E-state index is 0.138. The Hall–Kier alpha value is -3.39. The molecule has 1 saturated heterocycles. The lowest BCUT2D eigenvalue weighted by atomic mass is 10.1. The van der Waals surface area contributed by atoms with E-state index in [2.05, 4.69) is 10.00 Å². The number of aliphatic hydroxyl groups excluding tert-OH is 1. The van der Waals surface area contributed by atoms with Crippen LogP contribution in [0.2, 0.25) is 5.02 Å². The van der Waals surface area contributed by atoms with Gasteiger partial charge >= 0.3 is 0 Å². The highest BCUT2D eigenvalue weighted by Crippen LogP contribution is 2.28. The predicted octanol–water partition coefficient (Wildman–Crippen LogP) is 4.32. The van der Waals surface area contributed by atoms with Gasteiger partial charge in [0.15, 0.2) is 0 Å². The van der Waals surface area contributed by atoms with Crippen LogP contribution < -0.4 is 5.56 Å². The van der Waals surface area contributed by atoms with Crippen molar-refractivity contribution in [3.05, 3.63) is 82.4 Å². The van der Waals surface area contributed by atoms with Crippen LogP contribution in [0.5, 0.6) is 0 Å². The Kier molecular flexibility index (Phi) is 5.25. The van der Waals surface area contributed by atoms with Gasteiger partial charge in [-0.2, -0.15) is 5.10 Å². The van der Waals surface area contributed by atoms with Crippen LogP contribution in [0.1, 0.15) is 6.42 Å². The van der Waals surface area contributed by atoms with Gasteiger partial charge in [0.05, 0.1) is 29.7 Å². The van der Waals surface area contributed by atoms with Crippen molar-refractivity contribution in [1.82, 2.24) is 19.2 Å². The van der Waals surface area contributed by atoms with Crippen LogP contribution in [0.15, 0.2) is 76.2 Å². The number of halogens is 1. The minimum Gasteiger partial charge on any atom is -0.456 e. The molecule has 3 aromatic heterocycles. The Morgan fingerprint density at radius 2 is 1.94 bits per heavy atom. The van der Waals surface area contributed by atoms with Crippen molar-refractivity contribution >= 4 is 33.5 Å². The molecule has 1 aliphatic rings. The second-order valence-electron chi connectivity index (χ2n) is 8.74. The van der Waals surface area contributed by atoms with E-state index in [4.69, 9.17) is 16.0 Å². The van der Waals surface area contributed by atoms with Crippen LogP contribution in [0, 0.1) is 0 Å². The molecule has 1 fully saturated rings. The van der Waals surface area contributed by atoms with E-state index >= 15 is 0 Å². The van der Waals surface area contributed by atoms with Crippen molar-refractivity contribution < 1.29 is 9.52 Å². The molecule has 172 valence electrons. The molecule has 8 heteroatoms. The molecule has 6 rings (SSSR count). The normalized spacial score (nSPS) is 16.7. The van der Waals surface area contributed by atoms with Gasteiger partial charge in [-0.3, -0.25) is 18.9 Å². The lowest BCUT2D eigenvalue weighted by Crippen LogP contribution is -2.26. The summed E-state index contributed by atoms with van der Waals surface area (Å²) in [6.45, 7) is 3.25. The summed E-state index contributed by atoms with van der Waals surface area (Å²) in [5.41, 5.74) is 3.07. The van der Waals surface area contributed by atoms with Gasteiger partial charge in [0.2, 0.25) is 0 Å². The molecule has 0 radical (unpaired) electrons. The smallest absolute Gasteiger partial charge is 0.266 e. The molecule has 0 amide bonds. The van der Waals surface area contributed by atoms with E-state index in [1.807, 2.05) is 47.3 Å². The molecule has 34 heavy (non-hydrogen) atoms. The zero-order valence-corrected chi connectivity index (χ0v) is 19.2. The Morgan fingerprint density at radius 1 is 1.09 bits per heavy atom. The molecule has 1 aliphatic heterocycles. The molecule has 7 nitrogen and oxygen atoms in total. The number of benzene rings is 2. The van der Waals surface area contributed by atoms with E-state index in [1.165, 1.54) is 0 Å². The highest BCUT2D eigenvalue weighted by atomic mass is 35.5. The van der Waals surface area contributed by atoms with Crippen molar-refractivity contribution in [2.75, 3.05) is 19.6 Å². The van der Waals surface area contributed by atoms with Gasteiger partial charge in [-0.15, -0.1) is 0 Å². The molecule has 0 aliphatic carbocycles. The van der Waals surface area contributed by atoms with Crippen molar-refractivity contribution in [2.45, 2.75) is 19.1 Å². The van der Waals surface area contributed by atoms with Gasteiger partial charge in [-0.05, 0) is 61.0 Å². The summed E-state index contributed by atoms with van der Waals surface area (Å²) in [6.07, 6.45) is 4.19. The van der Waals surface area contributed by atoms with E-state index in [0.29, 0.717) is 21.8 Å². The monoisotopic (exact) mass is 474 g/mol. The Morgan fingerprint density at radius 3 is 2.74 bits per heavy atom. The fraction of sp³-hybridized carbons (Fsp3) is 0.231. The maximum atomic E-state index is 13.3. The largest absolute Gasteiger partial charge is 0.456 e. The van der Waals surface area contributed by atoms with Crippen LogP contribution in [-0.4, -0.2) is 50.1 Å². The third kappa shape index (κ3) is 3.81. The number of hydrogen-bond donors (Lipinski definition) is 1. The Balaban J connectivity index is 1.30. The van der Waals surface area contributed by atoms with E-state index in [9.17, 15) is 9.90 Å². The van der Waals surface area contributed by atoms with Crippen LogP contribution in [0.4, 0.5) is 0 Å². The number of pyridine rings is 1. The second kappa shape index (κ2) is 8.43. The van der Waals surface area contributed by atoms with Gasteiger partial charge < -0.3 is 9.52 Å². The number of nitrogens with zero attached hydrogens (tertiary/aromatic N) is 4. The summed E-state index contributed by atoms with van der Waals surface area (Å²) in [5.74, 6) is 0.628. The molecule has 0 saturated carbocycles. The van der Waals surface area contributed by atoms with Crippen LogP contribution >= 0.6 is 11.6 Å². The average Bonchev–Trinajstić information content (AvgIpc) is 3.56. The molecule has 0 bridgehead atoms.